The SMILES string of the molecule is CC1c2ccc3c(c2CCC1(C)C(=O)O)CCCC3. The van der Waals surface area contributed by atoms with Crippen molar-refractivity contribution < 1.29 is 9.90 Å². The minimum absolute atomic E-state index is 0.112. The molecule has 0 saturated heterocycles. The standard InChI is InChI=1S/C17H22O2/c1-11-13-8-7-12-5-3-4-6-14(12)15(13)9-10-17(11,2)16(18)19/h7-8,11H,3-6,9-10H2,1-2H3,(H,18,19). The van der Waals surface area contributed by atoms with Crippen LogP contribution in [0.1, 0.15) is 61.3 Å². The molecule has 2 aliphatic rings. The second kappa shape index (κ2) is 4.36. The maximum Gasteiger partial charge on any atom is 0.309 e. The predicted octanol–water partition coefficient (Wildman–Crippen LogP) is 3.71. The molecule has 0 spiro atoms. The zero-order valence-corrected chi connectivity index (χ0v) is 11.8. The molecule has 2 aliphatic carbocycles. The number of hydrogen-bond donors (Lipinski definition) is 1. The lowest BCUT2D eigenvalue weighted by atomic mass is 9.64. The van der Waals surface area contributed by atoms with Crippen molar-refractivity contribution in [2.75, 3.05) is 0 Å². The molecule has 0 radical (unpaired) electrons. The van der Waals surface area contributed by atoms with Gasteiger partial charge in [-0.05, 0) is 73.6 Å². The van der Waals surface area contributed by atoms with Gasteiger partial charge in [-0.15, -0.1) is 0 Å². The molecule has 19 heavy (non-hydrogen) atoms. The minimum Gasteiger partial charge on any atom is -0.481 e. The Hall–Kier alpha value is -1.31. The number of hydrogen-bond acceptors (Lipinski definition) is 1. The van der Waals surface area contributed by atoms with E-state index in [4.69, 9.17) is 0 Å². The minimum atomic E-state index is -0.650. The van der Waals surface area contributed by atoms with E-state index in [2.05, 4.69) is 19.1 Å². The number of carboxylic acid groups (broad SMARTS) is 1. The van der Waals surface area contributed by atoms with Crippen molar-refractivity contribution in [2.24, 2.45) is 5.41 Å². The number of fused-ring (bicyclic) bond motifs is 3. The van der Waals surface area contributed by atoms with E-state index in [-0.39, 0.29) is 5.92 Å². The molecule has 2 unspecified atom stereocenters. The van der Waals surface area contributed by atoms with Crippen LogP contribution in [0.25, 0.3) is 0 Å². The molecule has 102 valence electrons. The Balaban J connectivity index is 2.09. The molecule has 0 fully saturated rings. The van der Waals surface area contributed by atoms with Crippen molar-refractivity contribution in [3.63, 3.8) is 0 Å². The molecule has 0 aromatic heterocycles. The summed E-state index contributed by atoms with van der Waals surface area (Å²) in [6.45, 7) is 3.99. The molecule has 0 heterocycles. The van der Waals surface area contributed by atoms with Crippen LogP contribution in [0.2, 0.25) is 0 Å². The third-order valence-corrected chi connectivity index (χ3v) is 5.49. The predicted molar refractivity (Wildman–Crippen MR) is 75.6 cm³/mol. The van der Waals surface area contributed by atoms with Crippen molar-refractivity contribution in [3.05, 3.63) is 34.4 Å². The molecule has 0 bridgehead atoms. The van der Waals surface area contributed by atoms with E-state index in [9.17, 15) is 9.90 Å². The molecule has 1 aromatic carbocycles. The van der Waals surface area contributed by atoms with E-state index in [1.165, 1.54) is 42.4 Å². The summed E-state index contributed by atoms with van der Waals surface area (Å²) in [5.74, 6) is -0.538. The second-order valence-corrected chi connectivity index (χ2v) is 6.42. The maximum absolute atomic E-state index is 11.6. The number of benzene rings is 1. The van der Waals surface area contributed by atoms with Gasteiger partial charge in [0.2, 0.25) is 0 Å². The van der Waals surface area contributed by atoms with Gasteiger partial charge >= 0.3 is 5.97 Å². The highest BCUT2D eigenvalue weighted by atomic mass is 16.4. The van der Waals surface area contributed by atoms with Crippen LogP contribution in [0, 0.1) is 5.41 Å². The second-order valence-electron chi connectivity index (χ2n) is 6.42. The third kappa shape index (κ3) is 1.80. The van der Waals surface area contributed by atoms with Gasteiger partial charge in [0.25, 0.3) is 0 Å². The summed E-state index contributed by atoms with van der Waals surface area (Å²) >= 11 is 0. The van der Waals surface area contributed by atoms with Crippen LogP contribution >= 0.6 is 0 Å². The molecule has 1 aromatic rings. The van der Waals surface area contributed by atoms with Crippen molar-refractivity contribution in [1.82, 2.24) is 0 Å². The molecule has 0 saturated carbocycles. The fourth-order valence-electron chi connectivity index (χ4n) is 3.86. The Morgan fingerprint density at radius 2 is 1.95 bits per heavy atom. The summed E-state index contributed by atoms with van der Waals surface area (Å²) in [6.07, 6.45) is 6.68. The van der Waals surface area contributed by atoms with Crippen LogP contribution in [0.3, 0.4) is 0 Å². The monoisotopic (exact) mass is 258 g/mol. The highest BCUT2D eigenvalue weighted by Gasteiger charge is 2.43. The van der Waals surface area contributed by atoms with E-state index in [1.54, 1.807) is 5.56 Å². The lowest BCUT2D eigenvalue weighted by Gasteiger charge is -2.39. The first-order valence-electron chi connectivity index (χ1n) is 7.41. The highest BCUT2D eigenvalue weighted by Crippen LogP contribution is 2.47. The molecular formula is C17H22O2. The van der Waals surface area contributed by atoms with Gasteiger partial charge in [0.15, 0.2) is 0 Å². The van der Waals surface area contributed by atoms with E-state index < -0.39 is 11.4 Å². The first kappa shape index (κ1) is 12.7. The number of carboxylic acids is 1. The van der Waals surface area contributed by atoms with E-state index in [1.807, 2.05) is 6.92 Å². The quantitative estimate of drug-likeness (QED) is 0.833. The lowest BCUT2D eigenvalue weighted by molar-refractivity contribution is -0.150. The van der Waals surface area contributed by atoms with Gasteiger partial charge in [0.05, 0.1) is 5.41 Å². The summed E-state index contributed by atoms with van der Waals surface area (Å²) in [7, 11) is 0. The Labute approximate surface area is 114 Å². The van der Waals surface area contributed by atoms with Crippen LogP contribution in [-0.4, -0.2) is 11.1 Å². The smallest absolute Gasteiger partial charge is 0.309 e. The largest absolute Gasteiger partial charge is 0.481 e. The number of rotatable bonds is 1. The number of carbonyl (C=O) groups is 1. The summed E-state index contributed by atoms with van der Waals surface area (Å²) in [5.41, 5.74) is 5.22. The van der Waals surface area contributed by atoms with Crippen LogP contribution < -0.4 is 0 Å². The van der Waals surface area contributed by atoms with Crippen LogP contribution in [-0.2, 0) is 24.1 Å². The molecule has 1 N–H and O–H groups in total. The van der Waals surface area contributed by atoms with Crippen molar-refractivity contribution in [1.29, 1.82) is 0 Å². The van der Waals surface area contributed by atoms with Crippen molar-refractivity contribution in [3.8, 4) is 0 Å². The van der Waals surface area contributed by atoms with Crippen LogP contribution in [0.15, 0.2) is 12.1 Å². The normalized spacial score (nSPS) is 29.5. The number of aryl methyl sites for hydroxylation is 1. The molecule has 2 atom stereocenters. The third-order valence-electron chi connectivity index (χ3n) is 5.49. The fourth-order valence-corrected chi connectivity index (χ4v) is 3.86. The van der Waals surface area contributed by atoms with Crippen molar-refractivity contribution >= 4 is 5.97 Å². The van der Waals surface area contributed by atoms with Gasteiger partial charge < -0.3 is 5.11 Å². The van der Waals surface area contributed by atoms with Gasteiger partial charge in [0.1, 0.15) is 0 Å². The molecule has 0 aliphatic heterocycles. The van der Waals surface area contributed by atoms with Gasteiger partial charge in [0, 0.05) is 0 Å². The molecule has 2 nitrogen and oxygen atoms in total. The number of aliphatic carboxylic acids is 1. The fraction of sp³-hybridized carbons (Fsp3) is 0.588. The first-order valence-corrected chi connectivity index (χ1v) is 7.41. The van der Waals surface area contributed by atoms with Crippen LogP contribution in [0.4, 0.5) is 0 Å². The topological polar surface area (TPSA) is 37.3 Å². The Kier molecular flexibility index (Phi) is 2.92. The average Bonchev–Trinajstić information content (AvgIpc) is 2.42. The van der Waals surface area contributed by atoms with E-state index in [0.29, 0.717) is 0 Å². The highest BCUT2D eigenvalue weighted by molar-refractivity contribution is 5.76. The average molecular weight is 258 g/mol. The summed E-state index contributed by atoms with van der Waals surface area (Å²) in [6, 6.07) is 4.45. The Morgan fingerprint density at radius 1 is 1.21 bits per heavy atom. The van der Waals surface area contributed by atoms with Crippen molar-refractivity contribution in [2.45, 2.75) is 58.3 Å². The molecule has 3 rings (SSSR count). The maximum atomic E-state index is 11.6. The van der Waals surface area contributed by atoms with Gasteiger partial charge in [-0.2, -0.15) is 0 Å². The molecule has 2 heteroatoms. The van der Waals surface area contributed by atoms with Gasteiger partial charge in [-0.3, -0.25) is 4.79 Å². The Morgan fingerprint density at radius 3 is 2.68 bits per heavy atom. The van der Waals surface area contributed by atoms with E-state index >= 15 is 0 Å². The lowest BCUT2D eigenvalue weighted by Crippen LogP contribution is -2.37. The summed E-state index contributed by atoms with van der Waals surface area (Å²) in [4.78, 5) is 11.6. The zero-order valence-electron chi connectivity index (χ0n) is 11.8. The first-order chi connectivity index (χ1) is 9.04. The van der Waals surface area contributed by atoms with Crippen LogP contribution in [0.5, 0.6) is 0 Å². The van der Waals surface area contributed by atoms with E-state index in [0.717, 1.165) is 12.8 Å². The van der Waals surface area contributed by atoms with Gasteiger partial charge in [-0.25, -0.2) is 0 Å². The molecule has 0 amide bonds. The zero-order chi connectivity index (χ0) is 13.6. The summed E-state index contributed by atoms with van der Waals surface area (Å²) < 4.78 is 0. The molecular weight excluding hydrogens is 236 g/mol. The van der Waals surface area contributed by atoms with Gasteiger partial charge in [-0.1, -0.05) is 19.1 Å². The summed E-state index contributed by atoms with van der Waals surface area (Å²) in [5, 5.41) is 9.53. The Bertz CT molecular complexity index is 532.